The van der Waals surface area contributed by atoms with Crippen LogP contribution in [-0.2, 0) is 0 Å². The van der Waals surface area contributed by atoms with E-state index in [-0.39, 0.29) is 18.6 Å². The van der Waals surface area contributed by atoms with Crippen molar-refractivity contribution in [1.82, 2.24) is 4.90 Å². The lowest BCUT2D eigenvalue weighted by Gasteiger charge is -2.50. The van der Waals surface area contributed by atoms with Crippen molar-refractivity contribution in [3.8, 4) is 28.7 Å². The van der Waals surface area contributed by atoms with Crippen molar-refractivity contribution < 1.29 is 23.7 Å². The van der Waals surface area contributed by atoms with Crippen molar-refractivity contribution in [3.05, 3.63) is 41.5 Å². The summed E-state index contributed by atoms with van der Waals surface area (Å²) in [4.78, 5) is 2.48. The molecule has 0 spiro atoms. The minimum Gasteiger partial charge on any atom is -0.493 e. The van der Waals surface area contributed by atoms with Crippen molar-refractivity contribution in [2.45, 2.75) is 38.3 Å². The molecule has 6 nitrogen and oxygen atoms in total. The third-order valence-corrected chi connectivity index (χ3v) is 7.00. The molecule has 5 rings (SSSR count). The van der Waals surface area contributed by atoms with Crippen LogP contribution in [0.4, 0.5) is 0 Å². The van der Waals surface area contributed by atoms with E-state index in [1.807, 2.05) is 18.2 Å². The fraction of sp³-hybridized carbons (Fsp3) is 0.500. The zero-order valence-electron chi connectivity index (χ0n) is 18.1. The normalized spacial score (nSPS) is 27.5. The van der Waals surface area contributed by atoms with Gasteiger partial charge >= 0.3 is 0 Å². The molecule has 1 fully saturated rings. The molecule has 0 unspecified atom stereocenters. The highest BCUT2D eigenvalue weighted by atomic mass is 16.7. The maximum Gasteiger partial charge on any atom is 0.231 e. The lowest BCUT2D eigenvalue weighted by molar-refractivity contribution is -0.114. The second-order valence-corrected chi connectivity index (χ2v) is 8.44. The Morgan fingerprint density at radius 3 is 2.40 bits per heavy atom. The number of para-hydroxylation sites is 1. The van der Waals surface area contributed by atoms with E-state index in [0.717, 1.165) is 53.0 Å². The molecule has 1 saturated heterocycles. The van der Waals surface area contributed by atoms with E-state index >= 15 is 0 Å². The quantitative estimate of drug-likeness (QED) is 0.743. The van der Waals surface area contributed by atoms with Crippen LogP contribution in [0.25, 0.3) is 0 Å². The number of fused-ring (bicyclic) bond motifs is 2. The smallest absolute Gasteiger partial charge is 0.231 e. The average Bonchev–Trinajstić information content (AvgIpc) is 3.45. The number of rotatable bonds is 4. The van der Waals surface area contributed by atoms with Crippen LogP contribution in [-0.4, -0.2) is 44.7 Å². The second-order valence-electron chi connectivity index (χ2n) is 8.44. The van der Waals surface area contributed by atoms with E-state index in [1.54, 1.807) is 14.2 Å². The van der Waals surface area contributed by atoms with Gasteiger partial charge in [-0.05, 0) is 31.9 Å². The molecule has 2 aromatic rings. The van der Waals surface area contributed by atoms with Crippen LogP contribution in [0.5, 0.6) is 28.7 Å². The summed E-state index contributed by atoms with van der Waals surface area (Å²) in [5.41, 5.74) is 1.75. The minimum absolute atomic E-state index is 0.0545. The Morgan fingerprint density at radius 2 is 1.70 bits per heavy atom. The lowest BCUT2D eigenvalue weighted by atomic mass is 9.73. The molecule has 0 radical (unpaired) electrons. The molecule has 30 heavy (non-hydrogen) atoms. The molecule has 0 N–H and O–H groups in total. The van der Waals surface area contributed by atoms with E-state index in [1.165, 1.54) is 12.8 Å². The van der Waals surface area contributed by atoms with Gasteiger partial charge in [0.05, 0.1) is 14.2 Å². The maximum absolute atomic E-state index is 6.74. The first-order valence-corrected chi connectivity index (χ1v) is 10.7. The Kier molecular flexibility index (Phi) is 4.69. The van der Waals surface area contributed by atoms with Gasteiger partial charge in [0.25, 0.3) is 0 Å². The Bertz CT molecular complexity index is 955. The fourth-order valence-corrected chi connectivity index (χ4v) is 5.27. The molecule has 160 valence electrons. The Labute approximate surface area is 177 Å². The Balaban J connectivity index is 1.71. The zero-order valence-corrected chi connectivity index (χ0v) is 18.1. The molecular weight excluding hydrogens is 382 g/mol. The Hall–Kier alpha value is -2.60. The maximum atomic E-state index is 6.74. The minimum atomic E-state index is -0.435. The predicted molar refractivity (Wildman–Crippen MR) is 113 cm³/mol. The van der Waals surface area contributed by atoms with Crippen molar-refractivity contribution in [3.63, 3.8) is 0 Å². The van der Waals surface area contributed by atoms with E-state index in [9.17, 15) is 0 Å². The summed E-state index contributed by atoms with van der Waals surface area (Å²) in [6.07, 6.45) is 2.40. The number of likely N-dealkylation sites (tertiary alicyclic amines) is 1. The standard InChI is InChI=1S/C24H29NO5/c1-15-22(16-8-7-9-18(26-3)23(16)27-4)17-12-20-21(29-14-28-20)13-19(17)30-24(15,2)25-10-5-6-11-25/h7-9,12-13,15,22H,5-6,10-11,14H2,1-4H3/t15-,22+,24-/m1/s1. The molecule has 0 aliphatic carbocycles. The monoisotopic (exact) mass is 411 g/mol. The van der Waals surface area contributed by atoms with Gasteiger partial charge in [-0.2, -0.15) is 0 Å². The van der Waals surface area contributed by atoms with Crippen molar-refractivity contribution >= 4 is 0 Å². The fourth-order valence-electron chi connectivity index (χ4n) is 5.27. The van der Waals surface area contributed by atoms with Gasteiger partial charge in [0, 0.05) is 42.1 Å². The van der Waals surface area contributed by atoms with Crippen LogP contribution in [0, 0.1) is 5.92 Å². The topological polar surface area (TPSA) is 49.4 Å². The molecule has 0 bridgehead atoms. The summed E-state index contributed by atoms with van der Waals surface area (Å²) in [7, 11) is 3.38. The second kappa shape index (κ2) is 7.27. The summed E-state index contributed by atoms with van der Waals surface area (Å²) in [6, 6.07) is 10.1. The van der Waals surface area contributed by atoms with Crippen LogP contribution in [0.3, 0.4) is 0 Å². The number of methoxy groups -OCH3 is 2. The molecule has 0 saturated carbocycles. The number of ether oxygens (including phenoxy) is 5. The molecule has 0 aromatic heterocycles. The number of hydrogen-bond donors (Lipinski definition) is 0. The first-order valence-electron chi connectivity index (χ1n) is 10.7. The van der Waals surface area contributed by atoms with E-state index < -0.39 is 5.72 Å². The first-order chi connectivity index (χ1) is 14.6. The summed E-state index contributed by atoms with van der Waals surface area (Å²) < 4.78 is 29.5. The third kappa shape index (κ3) is 2.81. The molecule has 3 aliphatic heterocycles. The predicted octanol–water partition coefficient (Wildman–Crippen LogP) is 4.40. The molecule has 3 heterocycles. The summed E-state index contributed by atoms with van der Waals surface area (Å²) in [6.45, 7) is 6.82. The summed E-state index contributed by atoms with van der Waals surface area (Å²) in [5, 5.41) is 0. The highest BCUT2D eigenvalue weighted by molar-refractivity contribution is 5.59. The van der Waals surface area contributed by atoms with Crippen molar-refractivity contribution in [2.75, 3.05) is 34.1 Å². The SMILES string of the molecule is COc1cccc([C@H]2c3cc4c(cc3O[C@@](C)(N3CCCC3)[C@@H]2C)OCO4)c1OC. The van der Waals surface area contributed by atoms with Gasteiger partial charge in [0.2, 0.25) is 6.79 Å². The first kappa shape index (κ1) is 19.4. The summed E-state index contributed by atoms with van der Waals surface area (Å²) in [5.74, 6) is 4.08. The van der Waals surface area contributed by atoms with E-state index in [2.05, 4.69) is 30.9 Å². The van der Waals surface area contributed by atoms with Gasteiger partial charge < -0.3 is 23.7 Å². The molecule has 0 amide bonds. The highest BCUT2D eigenvalue weighted by Crippen LogP contribution is 2.55. The number of benzene rings is 2. The van der Waals surface area contributed by atoms with Crippen LogP contribution < -0.4 is 23.7 Å². The molecule has 2 aromatic carbocycles. The van der Waals surface area contributed by atoms with Gasteiger partial charge in [-0.15, -0.1) is 0 Å². The van der Waals surface area contributed by atoms with E-state index in [4.69, 9.17) is 23.7 Å². The van der Waals surface area contributed by atoms with Gasteiger partial charge in [-0.3, -0.25) is 4.90 Å². The highest BCUT2D eigenvalue weighted by Gasteiger charge is 2.50. The van der Waals surface area contributed by atoms with Crippen molar-refractivity contribution in [2.24, 2.45) is 5.92 Å². The molecular formula is C24H29NO5. The van der Waals surface area contributed by atoms with Crippen molar-refractivity contribution in [1.29, 1.82) is 0 Å². The van der Waals surface area contributed by atoms with Gasteiger partial charge in [0.1, 0.15) is 5.75 Å². The number of hydrogen-bond acceptors (Lipinski definition) is 6. The van der Waals surface area contributed by atoms with E-state index in [0.29, 0.717) is 0 Å². The van der Waals surface area contributed by atoms with Gasteiger partial charge in [-0.25, -0.2) is 0 Å². The average molecular weight is 411 g/mol. The molecule has 3 aliphatic rings. The van der Waals surface area contributed by atoms with Crippen LogP contribution in [0.1, 0.15) is 43.7 Å². The molecule has 6 heteroatoms. The molecule has 3 atom stereocenters. The number of nitrogens with zero attached hydrogens (tertiary/aromatic N) is 1. The van der Waals surface area contributed by atoms with Gasteiger partial charge in [0.15, 0.2) is 28.7 Å². The Morgan fingerprint density at radius 1 is 0.967 bits per heavy atom. The van der Waals surface area contributed by atoms with Gasteiger partial charge in [-0.1, -0.05) is 19.1 Å². The largest absolute Gasteiger partial charge is 0.493 e. The van der Waals surface area contributed by atoms with Crippen LogP contribution in [0.15, 0.2) is 30.3 Å². The van der Waals surface area contributed by atoms with Crippen LogP contribution >= 0.6 is 0 Å². The summed E-state index contributed by atoms with van der Waals surface area (Å²) >= 11 is 0. The van der Waals surface area contributed by atoms with Crippen LogP contribution in [0.2, 0.25) is 0 Å². The lowest BCUT2D eigenvalue weighted by Crippen LogP contribution is -2.57. The zero-order chi connectivity index (χ0) is 20.9. The third-order valence-electron chi connectivity index (χ3n) is 7.00.